The lowest BCUT2D eigenvalue weighted by Crippen LogP contribution is -2.48. The molecule has 2 amide bonds. The first-order valence-electron chi connectivity index (χ1n) is 6.49. The fraction of sp³-hybridized carbons (Fsp3) is 0.357. The molecule has 0 saturated carbocycles. The fourth-order valence-electron chi connectivity index (χ4n) is 2.15. The number of carbonyl (C=O) groups excluding carboxylic acids is 2. The summed E-state index contributed by atoms with van der Waals surface area (Å²) in [6.45, 7) is 1.58. The Bertz CT molecular complexity index is 549. The van der Waals surface area contributed by atoms with E-state index in [1.54, 1.807) is 37.3 Å². The van der Waals surface area contributed by atoms with Crippen LogP contribution in [0.15, 0.2) is 30.3 Å². The second kappa shape index (κ2) is 6.62. The average molecular weight is 308 g/mol. The van der Waals surface area contributed by atoms with Gasteiger partial charge in [-0.2, -0.15) is 0 Å². The second-order valence-corrected chi connectivity index (χ2v) is 5.99. The summed E-state index contributed by atoms with van der Waals surface area (Å²) in [4.78, 5) is 36.4. The van der Waals surface area contributed by atoms with Crippen molar-refractivity contribution in [2.75, 3.05) is 12.3 Å². The maximum atomic E-state index is 12.1. The van der Waals surface area contributed by atoms with E-state index in [1.165, 1.54) is 16.7 Å². The van der Waals surface area contributed by atoms with Gasteiger partial charge in [-0.1, -0.05) is 18.2 Å². The molecule has 0 aliphatic carbocycles. The number of thioether (sulfide) groups is 1. The minimum absolute atomic E-state index is 0.202. The van der Waals surface area contributed by atoms with E-state index in [0.29, 0.717) is 11.3 Å². The number of nitrogens with one attached hydrogen (secondary N) is 1. The van der Waals surface area contributed by atoms with Gasteiger partial charge in [-0.25, -0.2) is 4.79 Å². The number of carbonyl (C=O) groups is 3. The maximum absolute atomic E-state index is 12.1. The van der Waals surface area contributed by atoms with E-state index in [1.807, 2.05) is 0 Å². The van der Waals surface area contributed by atoms with Gasteiger partial charge in [0.15, 0.2) is 0 Å². The van der Waals surface area contributed by atoms with Gasteiger partial charge in [0, 0.05) is 11.3 Å². The van der Waals surface area contributed by atoms with Crippen LogP contribution in [0.3, 0.4) is 0 Å². The van der Waals surface area contributed by atoms with Crippen LogP contribution in [-0.2, 0) is 9.59 Å². The van der Waals surface area contributed by atoms with Crippen molar-refractivity contribution in [1.29, 1.82) is 0 Å². The summed E-state index contributed by atoms with van der Waals surface area (Å²) in [5, 5.41) is 11.4. The Kier molecular flexibility index (Phi) is 4.85. The summed E-state index contributed by atoms with van der Waals surface area (Å²) < 4.78 is 0. The Morgan fingerprint density at radius 1 is 1.33 bits per heavy atom. The van der Waals surface area contributed by atoms with Crippen LogP contribution in [0.1, 0.15) is 17.3 Å². The third-order valence-electron chi connectivity index (χ3n) is 3.23. The molecule has 1 aliphatic heterocycles. The molecule has 2 N–H and O–H groups in total. The zero-order valence-electron chi connectivity index (χ0n) is 11.5. The molecule has 7 heteroatoms. The number of hydrogen-bond acceptors (Lipinski definition) is 4. The van der Waals surface area contributed by atoms with Gasteiger partial charge in [-0.3, -0.25) is 9.59 Å². The minimum Gasteiger partial charge on any atom is -0.480 e. The lowest BCUT2D eigenvalue weighted by Gasteiger charge is -2.25. The molecular weight excluding hydrogens is 292 g/mol. The smallest absolute Gasteiger partial charge is 0.327 e. The zero-order chi connectivity index (χ0) is 15.4. The van der Waals surface area contributed by atoms with E-state index in [9.17, 15) is 14.4 Å². The summed E-state index contributed by atoms with van der Waals surface area (Å²) in [7, 11) is 0. The first-order valence-corrected chi connectivity index (χ1v) is 7.54. The van der Waals surface area contributed by atoms with Crippen LogP contribution < -0.4 is 5.32 Å². The van der Waals surface area contributed by atoms with Crippen molar-refractivity contribution < 1.29 is 19.5 Å². The number of amides is 2. The molecule has 1 saturated heterocycles. The largest absolute Gasteiger partial charge is 0.480 e. The Balaban J connectivity index is 1.95. The average Bonchev–Trinajstić information content (AvgIpc) is 2.87. The molecule has 0 bridgehead atoms. The van der Waals surface area contributed by atoms with Gasteiger partial charge in [0.05, 0.1) is 11.9 Å². The SMILES string of the molecule is CC1SCC(C(=O)O)N1C(=O)CNC(=O)c1ccccc1. The normalized spacial score (nSPS) is 21.1. The molecule has 1 aromatic rings. The van der Waals surface area contributed by atoms with Crippen molar-refractivity contribution in [3.63, 3.8) is 0 Å². The molecule has 21 heavy (non-hydrogen) atoms. The van der Waals surface area contributed by atoms with Crippen molar-refractivity contribution in [2.24, 2.45) is 0 Å². The Morgan fingerprint density at radius 2 is 2.00 bits per heavy atom. The van der Waals surface area contributed by atoms with Crippen LogP contribution in [-0.4, -0.2) is 51.5 Å². The molecule has 2 unspecified atom stereocenters. The molecule has 6 nitrogen and oxygen atoms in total. The summed E-state index contributed by atoms with van der Waals surface area (Å²) in [6, 6.07) is 7.73. The first-order chi connectivity index (χ1) is 10.0. The number of carboxylic acids is 1. The number of hydrogen-bond donors (Lipinski definition) is 2. The number of rotatable bonds is 4. The fourth-order valence-corrected chi connectivity index (χ4v) is 3.34. The van der Waals surface area contributed by atoms with Crippen LogP contribution in [0.25, 0.3) is 0 Å². The minimum atomic E-state index is -1.02. The maximum Gasteiger partial charge on any atom is 0.327 e. The molecule has 0 aromatic heterocycles. The number of carboxylic acid groups (broad SMARTS) is 1. The highest BCUT2D eigenvalue weighted by Gasteiger charge is 2.39. The van der Waals surface area contributed by atoms with E-state index >= 15 is 0 Å². The quantitative estimate of drug-likeness (QED) is 0.859. The molecule has 112 valence electrons. The van der Waals surface area contributed by atoms with Gasteiger partial charge in [0.1, 0.15) is 6.04 Å². The lowest BCUT2D eigenvalue weighted by atomic mass is 10.2. The predicted octanol–water partition coefficient (Wildman–Crippen LogP) is 0.791. The van der Waals surface area contributed by atoms with Gasteiger partial charge >= 0.3 is 5.97 Å². The van der Waals surface area contributed by atoms with Gasteiger partial charge in [-0.05, 0) is 19.1 Å². The van der Waals surface area contributed by atoms with E-state index < -0.39 is 12.0 Å². The summed E-state index contributed by atoms with van der Waals surface area (Å²) in [5.41, 5.74) is 0.462. The number of benzene rings is 1. The summed E-state index contributed by atoms with van der Waals surface area (Å²) in [6.07, 6.45) is 0. The summed E-state index contributed by atoms with van der Waals surface area (Å²) in [5.74, 6) is -1.39. The lowest BCUT2D eigenvalue weighted by molar-refractivity contribution is -0.148. The van der Waals surface area contributed by atoms with Crippen LogP contribution in [0.5, 0.6) is 0 Å². The molecule has 1 fully saturated rings. The molecule has 1 heterocycles. The van der Waals surface area contributed by atoms with Gasteiger partial charge in [0.25, 0.3) is 5.91 Å². The van der Waals surface area contributed by atoms with E-state index in [-0.39, 0.29) is 23.7 Å². The highest BCUT2D eigenvalue weighted by molar-refractivity contribution is 8.00. The van der Waals surface area contributed by atoms with E-state index in [0.717, 1.165) is 0 Å². The number of nitrogens with zero attached hydrogens (tertiary/aromatic N) is 1. The molecule has 1 aliphatic rings. The molecular formula is C14H16N2O4S. The standard InChI is InChI=1S/C14H16N2O4S/c1-9-16(11(8-21-9)14(19)20)12(17)7-15-13(18)10-5-3-2-4-6-10/h2-6,9,11H,7-8H2,1H3,(H,15,18)(H,19,20). The van der Waals surface area contributed by atoms with E-state index in [2.05, 4.69) is 5.32 Å². The summed E-state index contributed by atoms with van der Waals surface area (Å²) >= 11 is 1.41. The van der Waals surface area contributed by atoms with Crippen LogP contribution >= 0.6 is 11.8 Å². The van der Waals surface area contributed by atoms with Crippen LogP contribution in [0, 0.1) is 0 Å². The molecule has 1 aromatic carbocycles. The van der Waals surface area contributed by atoms with Gasteiger partial charge in [-0.15, -0.1) is 11.8 Å². The van der Waals surface area contributed by atoms with Gasteiger partial charge < -0.3 is 15.3 Å². The highest BCUT2D eigenvalue weighted by Crippen LogP contribution is 2.28. The van der Waals surface area contributed by atoms with Crippen molar-refractivity contribution >= 4 is 29.5 Å². The molecule has 2 rings (SSSR count). The Labute approximate surface area is 126 Å². The van der Waals surface area contributed by atoms with Crippen LogP contribution in [0.4, 0.5) is 0 Å². The molecule has 0 radical (unpaired) electrons. The van der Waals surface area contributed by atoms with E-state index in [4.69, 9.17) is 5.11 Å². The third-order valence-corrected chi connectivity index (χ3v) is 4.45. The second-order valence-electron chi connectivity index (χ2n) is 4.64. The number of aliphatic carboxylic acids is 1. The Hall–Kier alpha value is -2.02. The first kappa shape index (κ1) is 15.4. The topological polar surface area (TPSA) is 86.7 Å². The van der Waals surface area contributed by atoms with Crippen LogP contribution in [0.2, 0.25) is 0 Å². The zero-order valence-corrected chi connectivity index (χ0v) is 12.3. The molecule has 0 spiro atoms. The van der Waals surface area contributed by atoms with Crippen molar-refractivity contribution in [3.8, 4) is 0 Å². The molecule has 2 atom stereocenters. The van der Waals surface area contributed by atoms with Crippen molar-refractivity contribution in [1.82, 2.24) is 10.2 Å². The third kappa shape index (κ3) is 3.55. The Morgan fingerprint density at radius 3 is 2.62 bits per heavy atom. The van der Waals surface area contributed by atoms with Crippen molar-refractivity contribution in [3.05, 3.63) is 35.9 Å². The monoisotopic (exact) mass is 308 g/mol. The van der Waals surface area contributed by atoms with Crippen molar-refractivity contribution in [2.45, 2.75) is 18.3 Å². The van der Waals surface area contributed by atoms with Gasteiger partial charge in [0.2, 0.25) is 5.91 Å². The predicted molar refractivity (Wildman–Crippen MR) is 79.0 cm³/mol. The highest BCUT2D eigenvalue weighted by atomic mass is 32.2.